The van der Waals surface area contributed by atoms with Gasteiger partial charge in [0.25, 0.3) is 0 Å². The first-order chi connectivity index (χ1) is 11.3. The Bertz CT molecular complexity index is 736. The van der Waals surface area contributed by atoms with Gasteiger partial charge < -0.3 is 9.47 Å². The maximum absolute atomic E-state index is 12.5. The van der Waals surface area contributed by atoms with Crippen molar-refractivity contribution in [3.8, 4) is 5.75 Å². The van der Waals surface area contributed by atoms with E-state index in [1.165, 1.54) is 37.4 Å². The molecule has 0 atom stereocenters. The number of ether oxygens (including phenoxy) is 2. The van der Waals surface area contributed by atoms with Gasteiger partial charge in [-0.1, -0.05) is 12.1 Å². The van der Waals surface area contributed by atoms with Gasteiger partial charge in [-0.3, -0.25) is 4.79 Å². The number of aldehydes is 1. The zero-order valence-corrected chi connectivity index (χ0v) is 12.6. The van der Waals surface area contributed by atoms with E-state index in [0.717, 1.165) is 12.1 Å². The van der Waals surface area contributed by atoms with Crippen molar-refractivity contribution in [3.05, 3.63) is 64.7 Å². The van der Waals surface area contributed by atoms with E-state index in [0.29, 0.717) is 11.8 Å². The van der Waals surface area contributed by atoms with Gasteiger partial charge in [-0.25, -0.2) is 4.79 Å². The molecular formula is C17H13F3O4. The van der Waals surface area contributed by atoms with Gasteiger partial charge in [-0.2, -0.15) is 13.2 Å². The SMILES string of the molecule is COC(=O)c1cc(C=O)ccc1OCc1ccc(C(F)(F)F)cc1. The van der Waals surface area contributed by atoms with Crippen LogP contribution in [0.2, 0.25) is 0 Å². The molecule has 0 fully saturated rings. The Balaban J connectivity index is 2.17. The first-order valence-electron chi connectivity index (χ1n) is 6.81. The van der Waals surface area contributed by atoms with E-state index in [1.807, 2.05) is 0 Å². The number of halogens is 3. The second-order valence-corrected chi connectivity index (χ2v) is 4.85. The smallest absolute Gasteiger partial charge is 0.416 e. The van der Waals surface area contributed by atoms with Crippen LogP contribution in [0.15, 0.2) is 42.5 Å². The third-order valence-electron chi connectivity index (χ3n) is 3.22. The van der Waals surface area contributed by atoms with Gasteiger partial charge in [0.1, 0.15) is 24.2 Å². The Labute approximate surface area is 135 Å². The Morgan fingerprint density at radius 2 is 1.79 bits per heavy atom. The van der Waals surface area contributed by atoms with Gasteiger partial charge in [0, 0.05) is 5.56 Å². The number of benzene rings is 2. The molecule has 24 heavy (non-hydrogen) atoms. The van der Waals surface area contributed by atoms with Crippen LogP contribution in [0.5, 0.6) is 5.75 Å². The van der Waals surface area contributed by atoms with Gasteiger partial charge in [0.15, 0.2) is 0 Å². The van der Waals surface area contributed by atoms with Crippen LogP contribution in [-0.4, -0.2) is 19.4 Å². The zero-order valence-electron chi connectivity index (χ0n) is 12.6. The van der Waals surface area contributed by atoms with Crippen LogP contribution < -0.4 is 4.74 Å². The summed E-state index contributed by atoms with van der Waals surface area (Å²) in [5, 5.41) is 0. The van der Waals surface area contributed by atoms with Crippen molar-refractivity contribution in [2.75, 3.05) is 7.11 Å². The lowest BCUT2D eigenvalue weighted by Gasteiger charge is -2.12. The van der Waals surface area contributed by atoms with Crippen molar-refractivity contribution >= 4 is 12.3 Å². The van der Waals surface area contributed by atoms with Crippen molar-refractivity contribution in [1.82, 2.24) is 0 Å². The predicted molar refractivity (Wildman–Crippen MR) is 78.9 cm³/mol. The summed E-state index contributed by atoms with van der Waals surface area (Å²) >= 11 is 0. The lowest BCUT2D eigenvalue weighted by molar-refractivity contribution is -0.137. The highest BCUT2D eigenvalue weighted by atomic mass is 19.4. The number of hydrogen-bond donors (Lipinski definition) is 0. The van der Waals surface area contributed by atoms with E-state index in [9.17, 15) is 22.8 Å². The highest BCUT2D eigenvalue weighted by Gasteiger charge is 2.29. The Morgan fingerprint density at radius 3 is 2.33 bits per heavy atom. The van der Waals surface area contributed by atoms with E-state index < -0.39 is 17.7 Å². The average molecular weight is 338 g/mol. The highest BCUT2D eigenvalue weighted by molar-refractivity contribution is 5.94. The minimum Gasteiger partial charge on any atom is -0.488 e. The maximum atomic E-state index is 12.5. The van der Waals surface area contributed by atoms with Gasteiger partial charge in [0.2, 0.25) is 0 Å². The first kappa shape index (κ1) is 17.5. The fraction of sp³-hybridized carbons (Fsp3) is 0.176. The number of hydrogen-bond acceptors (Lipinski definition) is 4. The van der Waals surface area contributed by atoms with Crippen LogP contribution in [-0.2, 0) is 17.5 Å². The molecule has 0 saturated heterocycles. The summed E-state index contributed by atoms with van der Waals surface area (Å²) in [6, 6.07) is 8.70. The van der Waals surface area contributed by atoms with Crippen molar-refractivity contribution in [3.63, 3.8) is 0 Å². The van der Waals surface area contributed by atoms with Crippen molar-refractivity contribution < 1.29 is 32.2 Å². The van der Waals surface area contributed by atoms with Crippen molar-refractivity contribution in [2.45, 2.75) is 12.8 Å². The number of rotatable bonds is 5. The Kier molecular flexibility index (Phi) is 5.23. The van der Waals surface area contributed by atoms with E-state index in [4.69, 9.17) is 4.74 Å². The number of carbonyl (C=O) groups excluding carboxylic acids is 2. The van der Waals surface area contributed by atoms with Crippen LogP contribution in [0.25, 0.3) is 0 Å². The summed E-state index contributed by atoms with van der Waals surface area (Å²) in [7, 11) is 1.19. The second-order valence-electron chi connectivity index (χ2n) is 4.85. The lowest BCUT2D eigenvalue weighted by atomic mass is 10.1. The average Bonchev–Trinajstić information content (AvgIpc) is 2.58. The fourth-order valence-corrected chi connectivity index (χ4v) is 1.97. The maximum Gasteiger partial charge on any atom is 0.416 e. The molecule has 0 radical (unpaired) electrons. The number of esters is 1. The topological polar surface area (TPSA) is 52.6 Å². The molecule has 0 aliphatic carbocycles. The number of alkyl halides is 3. The van der Waals surface area contributed by atoms with Crippen molar-refractivity contribution in [1.29, 1.82) is 0 Å². The van der Waals surface area contributed by atoms with Gasteiger partial charge in [0.05, 0.1) is 12.7 Å². The Morgan fingerprint density at radius 1 is 1.12 bits per heavy atom. The third-order valence-corrected chi connectivity index (χ3v) is 3.22. The minimum absolute atomic E-state index is 0.0391. The Hall–Kier alpha value is -2.83. The van der Waals surface area contributed by atoms with E-state index in [1.54, 1.807) is 0 Å². The summed E-state index contributed by atoms with van der Waals surface area (Å²) in [5.74, 6) is -0.506. The van der Waals surface area contributed by atoms with Crippen LogP contribution in [0.4, 0.5) is 13.2 Å². The molecule has 0 N–H and O–H groups in total. The molecule has 2 aromatic carbocycles. The summed E-state index contributed by atoms with van der Waals surface area (Å²) < 4.78 is 47.6. The fourth-order valence-electron chi connectivity index (χ4n) is 1.97. The molecule has 7 heteroatoms. The van der Waals surface area contributed by atoms with Crippen LogP contribution in [0, 0.1) is 0 Å². The molecule has 0 amide bonds. The third kappa shape index (κ3) is 4.13. The largest absolute Gasteiger partial charge is 0.488 e. The highest BCUT2D eigenvalue weighted by Crippen LogP contribution is 2.29. The molecule has 0 aliphatic rings. The molecule has 0 spiro atoms. The molecule has 0 unspecified atom stereocenters. The molecular weight excluding hydrogens is 325 g/mol. The van der Waals surface area contributed by atoms with E-state index >= 15 is 0 Å². The zero-order chi connectivity index (χ0) is 17.7. The molecule has 0 aromatic heterocycles. The van der Waals surface area contributed by atoms with Crippen LogP contribution in [0.3, 0.4) is 0 Å². The summed E-state index contributed by atoms with van der Waals surface area (Å²) in [6.45, 7) is -0.0391. The molecule has 0 heterocycles. The number of methoxy groups -OCH3 is 1. The van der Waals surface area contributed by atoms with E-state index in [2.05, 4.69) is 4.74 Å². The van der Waals surface area contributed by atoms with Crippen molar-refractivity contribution in [2.24, 2.45) is 0 Å². The standard InChI is InChI=1S/C17H13F3O4/c1-23-16(22)14-8-12(9-21)4-7-15(14)24-10-11-2-5-13(6-3-11)17(18,19)20/h2-9H,10H2,1H3. The monoisotopic (exact) mass is 338 g/mol. The van der Waals surface area contributed by atoms with Crippen LogP contribution in [0.1, 0.15) is 31.8 Å². The molecule has 2 aromatic rings. The summed E-state index contributed by atoms with van der Waals surface area (Å²) in [5.41, 5.74) is 0.0846. The van der Waals surface area contributed by atoms with E-state index in [-0.39, 0.29) is 23.5 Å². The van der Waals surface area contributed by atoms with Gasteiger partial charge in [-0.15, -0.1) is 0 Å². The number of carbonyl (C=O) groups is 2. The van der Waals surface area contributed by atoms with Gasteiger partial charge in [-0.05, 0) is 35.9 Å². The molecule has 2 rings (SSSR count). The summed E-state index contributed by atoms with van der Waals surface area (Å²) in [4.78, 5) is 22.5. The molecule has 0 bridgehead atoms. The quantitative estimate of drug-likeness (QED) is 0.613. The molecule has 0 saturated carbocycles. The second kappa shape index (κ2) is 7.16. The summed E-state index contributed by atoms with van der Waals surface area (Å²) in [6.07, 6.45) is -3.83. The van der Waals surface area contributed by atoms with Gasteiger partial charge >= 0.3 is 12.1 Å². The predicted octanol–water partition coefficient (Wildman–Crippen LogP) is 3.88. The normalized spacial score (nSPS) is 11.0. The van der Waals surface area contributed by atoms with Crippen LogP contribution >= 0.6 is 0 Å². The lowest BCUT2D eigenvalue weighted by Crippen LogP contribution is -2.07. The minimum atomic E-state index is -4.40. The molecule has 0 aliphatic heterocycles. The molecule has 4 nitrogen and oxygen atoms in total. The molecule has 126 valence electrons. The first-order valence-corrected chi connectivity index (χ1v) is 6.81.